The molecule has 3 aromatic rings. The SMILES string of the molecule is Cc1c(C)c(C)[c-](C)c1C.[I-].[I-].[Zr+4].[c-]1cccc2c1Cc1ccccc1-2. The second-order valence-electron chi connectivity index (χ2n) is 6.52. The van der Waals surface area contributed by atoms with Crippen molar-refractivity contribution in [1.29, 1.82) is 0 Å². The zero-order valence-electron chi connectivity index (χ0n) is 16.0. The molecule has 0 atom stereocenters. The molecule has 0 unspecified atom stereocenters. The van der Waals surface area contributed by atoms with E-state index in [1.807, 2.05) is 6.07 Å². The van der Waals surface area contributed by atoms with E-state index in [9.17, 15) is 0 Å². The average molecular weight is 645 g/mol. The van der Waals surface area contributed by atoms with E-state index in [0.717, 1.165) is 6.42 Å². The molecule has 0 radical (unpaired) electrons. The van der Waals surface area contributed by atoms with Crippen LogP contribution in [0.4, 0.5) is 0 Å². The van der Waals surface area contributed by atoms with E-state index < -0.39 is 0 Å². The fourth-order valence-electron chi connectivity index (χ4n) is 3.40. The van der Waals surface area contributed by atoms with Crippen LogP contribution >= 0.6 is 0 Å². The number of fused-ring (bicyclic) bond motifs is 3. The molecule has 0 aromatic heterocycles. The fraction of sp³-hybridized carbons (Fsp3) is 0.261. The zero-order valence-corrected chi connectivity index (χ0v) is 22.8. The molecular formula is C23H24I2Zr. The quantitative estimate of drug-likeness (QED) is 0.187. The summed E-state index contributed by atoms with van der Waals surface area (Å²) in [5.74, 6) is 0. The van der Waals surface area contributed by atoms with Gasteiger partial charge in [-0.15, -0.1) is 5.56 Å². The van der Waals surface area contributed by atoms with Gasteiger partial charge in [0.1, 0.15) is 0 Å². The summed E-state index contributed by atoms with van der Waals surface area (Å²) in [4.78, 5) is 0. The third kappa shape index (κ3) is 5.14. The first-order valence-electron chi connectivity index (χ1n) is 8.28. The van der Waals surface area contributed by atoms with Crippen molar-refractivity contribution >= 4 is 0 Å². The predicted octanol–water partition coefficient (Wildman–Crippen LogP) is 0.0111. The van der Waals surface area contributed by atoms with E-state index in [1.54, 1.807) is 0 Å². The van der Waals surface area contributed by atoms with Crippen LogP contribution in [0.25, 0.3) is 11.1 Å². The number of benzene rings is 2. The van der Waals surface area contributed by atoms with Gasteiger partial charge in [0.15, 0.2) is 0 Å². The summed E-state index contributed by atoms with van der Waals surface area (Å²) in [5.41, 5.74) is 12.8. The van der Waals surface area contributed by atoms with Crippen LogP contribution in [-0.2, 0) is 32.6 Å². The van der Waals surface area contributed by atoms with Gasteiger partial charge in [-0.3, -0.25) is 0 Å². The Kier molecular flexibility index (Phi) is 11.3. The Labute approximate surface area is 211 Å². The van der Waals surface area contributed by atoms with E-state index in [-0.39, 0.29) is 74.2 Å². The average Bonchev–Trinajstić information content (AvgIpc) is 3.04. The summed E-state index contributed by atoms with van der Waals surface area (Å²) in [5, 5.41) is 0. The van der Waals surface area contributed by atoms with Gasteiger partial charge in [0.2, 0.25) is 0 Å². The van der Waals surface area contributed by atoms with Crippen molar-refractivity contribution in [2.45, 2.75) is 41.0 Å². The Morgan fingerprint density at radius 1 is 0.808 bits per heavy atom. The molecule has 0 saturated carbocycles. The number of halogens is 2. The fourth-order valence-corrected chi connectivity index (χ4v) is 3.40. The van der Waals surface area contributed by atoms with Gasteiger partial charge >= 0.3 is 26.2 Å². The van der Waals surface area contributed by atoms with Crippen LogP contribution in [0.1, 0.15) is 38.9 Å². The third-order valence-corrected chi connectivity index (χ3v) is 5.43. The first kappa shape index (κ1) is 26.1. The molecule has 0 nitrogen and oxygen atoms in total. The number of hydrogen-bond donors (Lipinski definition) is 0. The van der Waals surface area contributed by atoms with Gasteiger partial charge in [0.25, 0.3) is 0 Å². The van der Waals surface area contributed by atoms with E-state index in [4.69, 9.17) is 0 Å². The van der Waals surface area contributed by atoms with Gasteiger partial charge in [-0.2, -0.15) is 57.6 Å². The molecule has 4 rings (SSSR count). The normalized spacial score (nSPS) is 10.2. The van der Waals surface area contributed by atoms with Crippen LogP contribution in [0.5, 0.6) is 0 Å². The minimum Gasteiger partial charge on any atom is -1.00 e. The molecule has 0 amide bonds. The maximum atomic E-state index is 3.30. The van der Waals surface area contributed by atoms with Crippen molar-refractivity contribution in [1.82, 2.24) is 0 Å². The molecule has 3 heteroatoms. The molecule has 0 aliphatic heterocycles. The maximum Gasteiger partial charge on any atom is 4.00 e. The summed E-state index contributed by atoms with van der Waals surface area (Å²) in [6, 6.07) is 18.1. The molecule has 0 spiro atoms. The molecule has 26 heavy (non-hydrogen) atoms. The van der Waals surface area contributed by atoms with Gasteiger partial charge in [0, 0.05) is 0 Å². The van der Waals surface area contributed by atoms with E-state index >= 15 is 0 Å². The second-order valence-corrected chi connectivity index (χ2v) is 6.52. The zero-order chi connectivity index (χ0) is 16.6. The van der Waals surface area contributed by atoms with Gasteiger partial charge in [-0.1, -0.05) is 70.0 Å². The first-order chi connectivity index (χ1) is 11.0. The van der Waals surface area contributed by atoms with Crippen molar-refractivity contribution in [2.24, 2.45) is 0 Å². The van der Waals surface area contributed by atoms with Crippen LogP contribution in [-0.4, -0.2) is 0 Å². The number of hydrogen-bond acceptors (Lipinski definition) is 0. The van der Waals surface area contributed by atoms with Crippen molar-refractivity contribution < 1.29 is 74.2 Å². The molecule has 0 fully saturated rings. The molecule has 134 valence electrons. The van der Waals surface area contributed by atoms with Gasteiger partial charge < -0.3 is 48.0 Å². The Balaban J connectivity index is 0.000000445. The Morgan fingerprint density at radius 2 is 1.35 bits per heavy atom. The molecular weight excluding hydrogens is 621 g/mol. The topological polar surface area (TPSA) is 0 Å². The van der Waals surface area contributed by atoms with Crippen molar-refractivity contribution in [3.05, 3.63) is 87.5 Å². The van der Waals surface area contributed by atoms with E-state index in [1.165, 1.54) is 50.1 Å². The largest absolute Gasteiger partial charge is 4.00 e. The van der Waals surface area contributed by atoms with E-state index in [2.05, 4.69) is 77.1 Å². The molecule has 1 aliphatic rings. The smallest absolute Gasteiger partial charge is 1.00 e. The van der Waals surface area contributed by atoms with Crippen LogP contribution in [0, 0.1) is 40.7 Å². The number of rotatable bonds is 0. The summed E-state index contributed by atoms with van der Waals surface area (Å²) < 4.78 is 0. The van der Waals surface area contributed by atoms with Crippen molar-refractivity contribution in [2.75, 3.05) is 0 Å². The maximum absolute atomic E-state index is 3.30. The van der Waals surface area contributed by atoms with Crippen molar-refractivity contribution in [3.63, 3.8) is 0 Å². The minimum absolute atomic E-state index is 0. The Morgan fingerprint density at radius 3 is 1.88 bits per heavy atom. The van der Waals surface area contributed by atoms with Gasteiger partial charge in [-0.05, 0) is 6.42 Å². The van der Waals surface area contributed by atoms with Crippen LogP contribution in [0.15, 0.2) is 42.5 Å². The Bertz CT molecular complexity index is 739. The molecule has 0 N–H and O–H groups in total. The van der Waals surface area contributed by atoms with Crippen LogP contribution in [0.3, 0.4) is 0 Å². The van der Waals surface area contributed by atoms with Crippen LogP contribution in [0.2, 0.25) is 0 Å². The van der Waals surface area contributed by atoms with Gasteiger partial charge in [-0.25, -0.2) is 0 Å². The second kappa shape index (κ2) is 11.2. The molecule has 3 aromatic carbocycles. The monoisotopic (exact) mass is 644 g/mol. The summed E-state index contributed by atoms with van der Waals surface area (Å²) in [7, 11) is 0. The molecule has 0 saturated heterocycles. The third-order valence-electron chi connectivity index (χ3n) is 5.43. The van der Waals surface area contributed by atoms with Crippen molar-refractivity contribution in [3.8, 4) is 11.1 Å². The first-order valence-corrected chi connectivity index (χ1v) is 8.28. The summed E-state index contributed by atoms with van der Waals surface area (Å²) >= 11 is 0. The molecule has 0 heterocycles. The van der Waals surface area contributed by atoms with Crippen LogP contribution < -0.4 is 48.0 Å². The molecule has 0 bridgehead atoms. The standard InChI is InChI=1S/C13H9.C10H15.2HI.Zr/c1-3-7-12-10(5-1)9-11-6-2-4-8-13(11)12;1-6-7(2)9(4)10(5)8(6)3;;;/h1-5,7-8H,9H2;1-5H3;2*1H;/q2*-1;;;+4/p-2. The molecule has 1 aliphatic carbocycles. The predicted molar refractivity (Wildman–Crippen MR) is 99.2 cm³/mol. The minimum atomic E-state index is 0. The Hall–Kier alpha value is 0.133. The van der Waals surface area contributed by atoms with Gasteiger partial charge in [0.05, 0.1) is 0 Å². The van der Waals surface area contributed by atoms with E-state index in [0.29, 0.717) is 0 Å². The summed E-state index contributed by atoms with van der Waals surface area (Å²) in [6.45, 7) is 11.0. The summed E-state index contributed by atoms with van der Waals surface area (Å²) in [6.07, 6.45) is 1.05.